The summed E-state index contributed by atoms with van der Waals surface area (Å²) in [6, 6.07) is 1.88. The molecular formula is C16H21N3O3S. The van der Waals surface area contributed by atoms with Crippen LogP contribution in [0.15, 0.2) is 17.2 Å². The molecule has 6 nitrogen and oxygen atoms in total. The van der Waals surface area contributed by atoms with Gasteiger partial charge in [-0.1, -0.05) is 6.92 Å². The van der Waals surface area contributed by atoms with Crippen LogP contribution in [-0.2, 0) is 22.5 Å². The molecule has 2 aromatic heterocycles. The van der Waals surface area contributed by atoms with Gasteiger partial charge in [0.1, 0.15) is 11.4 Å². The molecule has 0 aliphatic carbocycles. The Bertz CT molecular complexity index is 772. The third-order valence-electron chi connectivity index (χ3n) is 4.00. The van der Waals surface area contributed by atoms with E-state index >= 15 is 0 Å². The number of hydrogen-bond acceptors (Lipinski definition) is 5. The number of morpholine rings is 1. The summed E-state index contributed by atoms with van der Waals surface area (Å²) >= 11 is 1.53. The van der Waals surface area contributed by atoms with Gasteiger partial charge >= 0.3 is 0 Å². The van der Waals surface area contributed by atoms with Crippen LogP contribution in [0.25, 0.3) is 10.2 Å². The van der Waals surface area contributed by atoms with Gasteiger partial charge in [-0.25, -0.2) is 4.98 Å². The van der Waals surface area contributed by atoms with Crippen LogP contribution < -0.4 is 5.56 Å². The Hall–Kier alpha value is -1.73. The fourth-order valence-electron chi connectivity index (χ4n) is 2.92. The second-order valence-electron chi connectivity index (χ2n) is 6.02. The molecule has 2 atom stereocenters. The second-order valence-corrected chi connectivity index (χ2v) is 7.13. The van der Waals surface area contributed by atoms with Gasteiger partial charge in [0.15, 0.2) is 0 Å². The summed E-state index contributed by atoms with van der Waals surface area (Å²) in [5, 5.41) is 0.603. The van der Waals surface area contributed by atoms with Crippen molar-refractivity contribution in [2.24, 2.45) is 0 Å². The van der Waals surface area contributed by atoms with E-state index in [9.17, 15) is 9.59 Å². The van der Waals surface area contributed by atoms with Gasteiger partial charge in [-0.05, 0) is 26.3 Å². The molecule has 0 N–H and O–H groups in total. The second kappa shape index (κ2) is 6.41. The molecule has 0 aromatic carbocycles. The third-order valence-corrected chi connectivity index (χ3v) is 5.18. The van der Waals surface area contributed by atoms with Gasteiger partial charge in [0.25, 0.3) is 5.56 Å². The van der Waals surface area contributed by atoms with Gasteiger partial charge < -0.3 is 9.64 Å². The minimum Gasteiger partial charge on any atom is -0.372 e. The standard InChI is InChI=1S/C16H21N3O3S/c1-4-12-5-13-15(23-12)17-9-19(16(13)21)8-14(20)18-6-10(2)22-11(3)7-18/h5,9-11H,4,6-8H2,1-3H3. The van der Waals surface area contributed by atoms with E-state index in [4.69, 9.17) is 4.74 Å². The molecule has 23 heavy (non-hydrogen) atoms. The van der Waals surface area contributed by atoms with E-state index in [-0.39, 0.29) is 30.2 Å². The summed E-state index contributed by atoms with van der Waals surface area (Å²) in [6.45, 7) is 7.10. The van der Waals surface area contributed by atoms with Crippen molar-refractivity contribution in [3.8, 4) is 0 Å². The maximum Gasteiger partial charge on any atom is 0.262 e. The predicted octanol–water partition coefficient (Wildman–Crippen LogP) is 1.66. The van der Waals surface area contributed by atoms with Crippen molar-refractivity contribution >= 4 is 27.5 Å². The first kappa shape index (κ1) is 16.1. The Morgan fingerprint density at radius 2 is 2.09 bits per heavy atom. The lowest BCUT2D eigenvalue weighted by Crippen LogP contribution is -2.49. The van der Waals surface area contributed by atoms with E-state index in [0.717, 1.165) is 16.1 Å². The zero-order chi connectivity index (χ0) is 16.6. The zero-order valence-corrected chi connectivity index (χ0v) is 14.4. The number of thiophene rings is 1. The molecule has 3 rings (SSSR count). The third kappa shape index (κ3) is 3.30. The van der Waals surface area contributed by atoms with Crippen molar-refractivity contribution in [3.05, 3.63) is 27.6 Å². The molecule has 0 saturated carbocycles. The number of amides is 1. The predicted molar refractivity (Wildman–Crippen MR) is 89.8 cm³/mol. The molecule has 1 amide bonds. The Balaban J connectivity index is 1.82. The van der Waals surface area contributed by atoms with Gasteiger partial charge in [-0.2, -0.15) is 0 Å². The minimum atomic E-state index is -0.145. The number of aromatic nitrogens is 2. The quantitative estimate of drug-likeness (QED) is 0.856. The molecule has 1 aliphatic heterocycles. The van der Waals surface area contributed by atoms with E-state index in [1.807, 2.05) is 26.8 Å². The van der Waals surface area contributed by atoms with Crippen LogP contribution in [0.1, 0.15) is 25.6 Å². The number of aryl methyl sites for hydroxylation is 1. The first-order chi connectivity index (χ1) is 11.0. The lowest BCUT2D eigenvalue weighted by atomic mass is 10.2. The number of fused-ring (bicyclic) bond motifs is 1. The summed E-state index contributed by atoms with van der Waals surface area (Å²) in [6.07, 6.45) is 2.39. The molecule has 0 radical (unpaired) electrons. The number of nitrogens with zero attached hydrogens (tertiary/aromatic N) is 3. The number of hydrogen-bond donors (Lipinski definition) is 0. The van der Waals surface area contributed by atoms with Crippen LogP contribution in [0.5, 0.6) is 0 Å². The summed E-state index contributed by atoms with van der Waals surface area (Å²) in [5.74, 6) is -0.0683. The normalized spacial score (nSPS) is 21.8. The monoisotopic (exact) mass is 335 g/mol. The van der Waals surface area contributed by atoms with Crippen molar-refractivity contribution in [3.63, 3.8) is 0 Å². The summed E-state index contributed by atoms with van der Waals surface area (Å²) in [7, 11) is 0. The molecule has 124 valence electrons. The van der Waals surface area contributed by atoms with E-state index in [1.54, 1.807) is 4.90 Å². The van der Waals surface area contributed by atoms with Crippen molar-refractivity contribution in [2.75, 3.05) is 13.1 Å². The van der Waals surface area contributed by atoms with E-state index in [2.05, 4.69) is 4.98 Å². The highest BCUT2D eigenvalue weighted by atomic mass is 32.1. The molecule has 1 aliphatic rings. The van der Waals surface area contributed by atoms with E-state index in [0.29, 0.717) is 18.5 Å². The average molecular weight is 335 g/mol. The largest absolute Gasteiger partial charge is 0.372 e. The van der Waals surface area contributed by atoms with Crippen LogP contribution in [0.4, 0.5) is 0 Å². The Morgan fingerprint density at radius 3 is 2.74 bits per heavy atom. The maximum atomic E-state index is 12.5. The first-order valence-electron chi connectivity index (χ1n) is 7.89. The van der Waals surface area contributed by atoms with Gasteiger partial charge in [-0.15, -0.1) is 11.3 Å². The van der Waals surface area contributed by atoms with Crippen LogP contribution in [0.3, 0.4) is 0 Å². The molecule has 0 bridgehead atoms. The van der Waals surface area contributed by atoms with Gasteiger partial charge in [0.2, 0.25) is 5.91 Å². The molecule has 2 unspecified atom stereocenters. The topological polar surface area (TPSA) is 64.4 Å². The lowest BCUT2D eigenvalue weighted by molar-refractivity contribution is -0.143. The Labute approximate surface area is 138 Å². The highest BCUT2D eigenvalue weighted by Crippen LogP contribution is 2.21. The van der Waals surface area contributed by atoms with Gasteiger partial charge in [-0.3, -0.25) is 14.2 Å². The highest BCUT2D eigenvalue weighted by Gasteiger charge is 2.26. The highest BCUT2D eigenvalue weighted by molar-refractivity contribution is 7.18. The van der Waals surface area contributed by atoms with Gasteiger partial charge in [0.05, 0.1) is 23.9 Å². The van der Waals surface area contributed by atoms with Crippen molar-refractivity contribution < 1.29 is 9.53 Å². The number of ether oxygens (including phenoxy) is 1. The molecule has 2 aromatic rings. The zero-order valence-electron chi connectivity index (χ0n) is 13.6. The first-order valence-corrected chi connectivity index (χ1v) is 8.70. The van der Waals surface area contributed by atoms with Crippen molar-refractivity contribution in [1.29, 1.82) is 0 Å². The van der Waals surface area contributed by atoms with Crippen molar-refractivity contribution in [2.45, 2.75) is 45.9 Å². The SMILES string of the molecule is CCc1cc2c(=O)n(CC(=O)N3CC(C)OC(C)C3)cnc2s1. The van der Waals surface area contributed by atoms with Crippen LogP contribution in [-0.4, -0.2) is 45.7 Å². The van der Waals surface area contributed by atoms with E-state index in [1.165, 1.54) is 22.2 Å². The Kier molecular flexibility index (Phi) is 4.50. The summed E-state index contributed by atoms with van der Waals surface area (Å²) in [5.41, 5.74) is -0.145. The van der Waals surface area contributed by atoms with Gasteiger partial charge in [0, 0.05) is 18.0 Å². The van der Waals surface area contributed by atoms with Crippen molar-refractivity contribution in [1.82, 2.24) is 14.5 Å². The maximum absolute atomic E-state index is 12.5. The number of carbonyl (C=O) groups is 1. The fraction of sp³-hybridized carbons (Fsp3) is 0.562. The smallest absolute Gasteiger partial charge is 0.262 e. The molecule has 0 spiro atoms. The molecule has 1 saturated heterocycles. The average Bonchev–Trinajstić information content (AvgIpc) is 2.93. The lowest BCUT2D eigenvalue weighted by Gasteiger charge is -2.35. The van der Waals surface area contributed by atoms with Crippen LogP contribution in [0.2, 0.25) is 0 Å². The number of rotatable bonds is 3. The van der Waals surface area contributed by atoms with Crippen LogP contribution in [0, 0.1) is 0 Å². The molecule has 1 fully saturated rings. The molecule has 7 heteroatoms. The summed E-state index contributed by atoms with van der Waals surface area (Å²) in [4.78, 5) is 33.0. The van der Waals surface area contributed by atoms with E-state index < -0.39 is 0 Å². The Morgan fingerprint density at radius 1 is 1.39 bits per heavy atom. The number of carbonyl (C=O) groups excluding carboxylic acids is 1. The molecule has 3 heterocycles. The molecular weight excluding hydrogens is 314 g/mol. The summed E-state index contributed by atoms with van der Waals surface area (Å²) < 4.78 is 7.04. The van der Waals surface area contributed by atoms with Crippen LogP contribution >= 0.6 is 11.3 Å². The fourth-order valence-corrected chi connectivity index (χ4v) is 3.85. The minimum absolute atomic E-state index is 0.0176.